The summed E-state index contributed by atoms with van der Waals surface area (Å²) in [5.41, 5.74) is 2.49. The molecule has 2 aromatic carbocycles. The Labute approximate surface area is 195 Å². The number of carbonyl (C=O) groups is 2. The second-order valence-corrected chi connectivity index (χ2v) is 10.00. The Balaban J connectivity index is 1.40. The lowest BCUT2D eigenvalue weighted by Crippen LogP contribution is -2.54. The third kappa shape index (κ3) is 4.83. The maximum absolute atomic E-state index is 13.1. The van der Waals surface area contributed by atoms with E-state index in [9.17, 15) is 22.8 Å². The number of benzene rings is 2. The average Bonchev–Trinajstić information content (AvgIpc) is 3.18. The highest BCUT2D eigenvalue weighted by Gasteiger charge is 2.47. The first kappa shape index (κ1) is 23.5. The number of thioether (sulfide) groups is 1. The van der Waals surface area contributed by atoms with E-state index >= 15 is 0 Å². The Bertz CT molecular complexity index is 1050. The molecule has 0 aliphatic carbocycles. The van der Waals surface area contributed by atoms with Crippen LogP contribution in [0.5, 0.6) is 0 Å². The van der Waals surface area contributed by atoms with Crippen LogP contribution in [-0.2, 0) is 6.18 Å². The molecule has 3 amide bonds. The third-order valence-electron chi connectivity index (χ3n) is 6.47. The van der Waals surface area contributed by atoms with Gasteiger partial charge in [-0.1, -0.05) is 6.07 Å². The molecule has 0 unspecified atom stereocenters. The SMILES string of the molecule is Cc1ccc(NC(=O)N2CCC3(CC2)SCCN3C(=O)c2ccc(C(F)(F)F)cc2)cc1C. The minimum Gasteiger partial charge on any atom is -0.324 e. The molecule has 0 saturated carbocycles. The summed E-state index contributed by atoms with van der Waals surface area (Å²) in [4.78, 5) is 29.0. The van der Waals surface area contributed by atoms with E-state index in [0.717, 1.165) is 34.7 Å². The smallest absolute Gasteiger partial charge is 0.324 e. The first-order valence-electron chi connectivity index (χ1n) is 10.9. The number of rotatable bonds is 2. The molecule has 2 aliphatic rings. The van der Waals surface area contributed by atoms with Gasteiger partial charge in [-0.25, -0.2) is 4.79 Å². The summed E-state index contributed by atoms with van der Waals surface area (Å²) in [6.45, 7) is 5.55. The van der Waals surface area contributed by atoms with Gasteiger partial charge in [-0.15, -0.1) is 11.8 Å². The van der Waals surface area contributed by atoms with Gasteiger partial charge in [-0.2, -0.15) is 13.2 Å². The number of anilines is 1. The molecular formula is C24H26F3N3O2S. The monoisotopic (exact) mass is 477 g/mol. The standard InChI is InChI=1S/C24H26F3N3O2S/c1-16-3-8-20(15-17(16)2)28-22(32)29-11-9-23(10-12-29)30(13-14-33-23)21(31)18-4-6-19(7-5-18)24(25,26)27/h3-8,15H,9-14H2,1-2H3,(H,28,32). The van der Waals surface area contributed by atoms with Crippen molar-refractivity contribution in [3.05, 3.63) is 64.7 Å². The van der Waals surface area contributed by atoms with Crippen molar-refractivity contribution in [1.29, 1.82) is 0 Å². The summed E-state index contributed by atoms with van der Waals surface area (Å²) < 4.78 is 38.5. The first-order valence-corrected chi connectivity index (χ1v) is 11.8. The number of urea groups is 1. The highest BCUT2D eigenvalue weighted by Crippen LogP contribution is 2.44. The van der Waals surface area contributed by atoms with Gasteiger partial charge in [0.05, 0.1) is 10.4 Å². The lowest BCUT2D eigenvalue weighted by molar-refractivity contribution is -0.137. The highest BCUT2D eigenvalue weighted by molar-refractivity contribution is 8.00. The molecular weight excluding hydrogens is 451 g/mol. The summed E-state index contributed by atoms with van der Waals surface area (Å²) in [5.74, 6) is 0.503. The second kappa shape index (κ2) is 8.93. The highest BCUT2D eigenvalue weighted by atomic mass is 32.2. The zero-order valence-electron chi connectivity index (χ0n) is 18.5. The number of alkyl halides is 3. The maximum Gasteiger partial charge on any atom is 0.416 e. The van der Waals surface area contributed by atoms with Gasteiger partial charge in [0.1, 0.15) is 0 Å². The van der Waals surface area contributed by atoms with Gasteiger partial charge in [0.2, 0.25) is 0 Å². The minimum atomic E-state index is -4.43. The number of piperidine rings is 1. The molecule has 5 nitrogen and oxygen atoms in total. The van der Waals surface area contributed by atoms with Crippen LogP contribution in [0.2, 0.25) is 0 Å². The molecule has 0 bridgehead atoms. The van der Waals surface area contributed by atoms with E-state index in [-0.39, 0.29) is 17.5 Å². The second-order valence-electron chi connectivity index (χ2n) is 8.54. The number of halogens is 3. The van der Waals surface area contributed by atoms with Crippen LogP contribution in [0.25, 0.3) is 0 Å². The Kier molecular flexibility index (Phi) is 6.35. The summed E-state index contributed by atoms with van der Waals surface area (Å²) in [7, 11) is 0. The van der Waals surface area contributed by atoms with E-state index in [1.54, 1.807) is 21.6 Å². The molecule has 0 radical (unpaired) electrons. The van der Waals surface area contributed by atoms with Gasteiger partial charge < -0.3 is 15.1 Å². The van der Waals surface area contributed by atoms with Gasteiger partial charge in [0.25, 0.3) is 5.91 Å². The number of amides is 3. The van der Waals surface area contributed by atoms with Crippen molar-refractivity contribution in [2.45, 2.75) is 37.7 Å². The first-order chi connectivity index (χ1) is 15.6. The lowest BCUT2D eigenvalue weighted by atomic mass is 10.0. The van der Waals surface area contributed by atoms with E-state index in [1.165, 1.54) is 12.1 Å². The average molecular weight is 478 g/mol. The Morgan fingerprint density at radius 2 is 1.64 bits per heavy atom. The molecule has 2 fully saturated rings. The van der Waals surface area contributed by atoms with Crippen LogP contribution >= 0.6 is 11.8 Å². The van der Waals surface area contributed by atoms with Gasteiger partial charge >= 0.3 is 12.2 Å². The van der Waals surface area contributed by atoms with Crippen LogP contribution in [0.4, 0.5) is 23.7 Å². The van der Waals surface area contributed by atoms with Crippen molar-refractivity contribution in [2.24, 2.45) is 0 Å². The van der Waals surface area contributed by atoms with Crippen molar-refractivity contribution in [3.63, 3.8) is 0 Å². The summed E-state index contributed by atoms with van der Waals surface area (Å²) >= 11 is 1.69. The minimum absolute atomic E-state index is 0.170. The number of aryl methyl sites for hydroxylation is 2. The Hall–Kier alpha value is -2.68. The molecule has 2 aromatic rings. The van der Waals surface area contributed by atoms with Gasteiger partial charge in [-0.05, 0) is 74.2 Å². The number of nitrogens with zero attached hydrogens (tertiary/aromatic N) is 2. The van der Waals surface area contributed by atoms with Gasteiger partial charge in [0, 0.05) is 36.6 Å². The van der Waals surface area contributed by atoms with Crippen LogP contribution in [0.1, 0.15) is 39.9 Å². The maximum atomic E-state index is 13.1. The molecule has 176 valence electrons. The van der Waals surface area contributed by atoms with Gasteiger partial charge in [-0.3, -0.25) is 4.79 Å². The van der Waals surface area contributed by atoms with E-state index in [1.807, 2.05) is 32.0 Å². The number of hydrogen-bond acceptors (Lipinski definition) is 3. The molecule has 33 heavy (non-hydrogen) atoms. The molecule has 0 atom stereocenters. The number of likely N-dealkylation sites (tertiary alicyclic amines) is 1. The molecule has 4 rings (SSSR count). The molecule has 1 N–H and O–H groups in total. The van der Waals surface area contributed by atoms with E-state index in [0.29, 0.717) is 32.5 Å². The third-order valence-corrected chi connectivity index (χ3v) is 8.02. The topological polar surface area (TPSA) is 52.7 Å². The summed E-state index contributed by atoms with van der Waals surface area (Å²) in [6, 6.07) is 10.00. The predicted molar refractivity (Wildman–Crippen MR) is 123 cm³/mol. The Morgan fingerprint density at radius 3 is 2.24 bits per heavy atom. The zero-order valence-corrected chi connectivity index (χ0v) is 19.4. The van der Waals surface area contributed by atoms with Crippen LogP contribution in [-0.4, -0.2) is 52.0 Å². The van der Waals surface area contributed by atoms with E-state index in [4.69, 9.17) is 0 Å². The number of carbonyl (C=O) groups excluding carboxylic acids is 2. The fourth-order valence-electron chi connectivity index (χ4n) is 4.35. The van der Waals surface area contributed by atoms with Crippen molar-refractivity contribution in [1.82, 2.24) is 9.80 Å². The number of nitrogens with one attached hydrogen (secondary N) is 1. The van der Waals surface area contributed by atoms with Crippen molar-refractivity contribution in [2.75, 3.05) is 30.7 Å². The largest absolute Gasteiger partial charge is 0.416 e. The normalized spacial score (nSPS) is 18.0. The molecule has 0 aromatic heterocycles. The van der Waals surface area contributed by atoms with E-state index < -0.39 is 16.6 Å². The predicted octanol–water partition coefficient (Wildman–Crippen LogP) is 5.54. The fourth-order valence-corrected chi connectivity index (χ4v) is 5.80. The van der Waals surface area contributed by atoms with Crippen molar-refractivity contribution >= 4 is 29.4 Å². The van der Waals surface area contributed by atoms with E-state index in [2.05, 4.69) is 5.32 Å². The van der Waals surface area contributed by atoms with Crippen LogP contribution < -0.4 is 5.32 Å². The molecule has 2 aliphatic heterocycles. The van der Waals surface area contributed by atoms with Crippen molar-refractivity contribution < 1.29 is 22.8 Å². The number of hydrogen-bond donors (Lipinski definition) is 1. The van der Waals surface area contributed by atoms with Crippen LogP contribution in [0.3, 0.4) is 0 Å². The quantitative estimate of drug-likeness (QED) is 0.618. The van der Waals surface area contributed by atoms with Crippen LogP contribution in [0.15, 0.2) is 42.5 Å². The fraction of sp³-hybridized carbons (Fsp3) is 0.417. The Morgan fingerprint density at radius 1 is 0.970 bits per heavy atom. The molecule has 2 heterocycles. The van der Waals surface area contributed by atoms with Crippen molar-refractivity contribution in [3.8, 4) is 0 Å². The molecule has 9 heteroatoms. The summed E-state index contributed by atoms with van der Waals surface area (Å²) in [5, 5.41) is 2.94. The van der Waals surface area contributed by atoms with Gasteiger partial charge in [0.15, 0.2) is 0 Å². The zero-order chi connectivity index (χ0) is 23.8. The summed E-state index contributed by atoms with van der Waals surface area (Å²) in [6.07, 6.45) is -3.20. The molecule has 1 spiro atoms. The van der Waals surface area contributed by atoms with Crippen LogP contribution in [0, 0.1) is 13.8 Å². The molecule has 2 saturated heterocycles. The lowest BCUT2D eigenvalue weighted by Gasteiger charge is -2.44.